The Hall–Kier alpha value is -1.87. The number of thiazole rings is 1. The van der Waals surface area contributed by atoms with Crippen LogP contribution in [0.2, 0.25) is 0 Å². The first kappa shape index (κ1) is 13.1. The van der Waals surface area contributed by atoms with Crippen molar-refractivity contribution >= 4 is 26.7 Å². The van der Waals surface area contributed by atoms with Crippen molar-refractivity contribution in [1.82, 2.24) is 4.98 Å². The molecule has 0 amide bonds. The van der Waals surface area contributed by atoms with Crippen molar-refractivity contribution in [3.8, 4) is 0 Å². The highest BCUT2D eigenvalue weighted by Crippen LogP contribution is 2.26. The van der Waals surface area contributed by atoms with Crippen LogP contribution in [0.1, 0.15) is 17.5 Å². The Morgan fingerprint density at radius 3 is 2.80 bits per heavy atom. The molecule has 1 aromatic heterocycles. The first-order valence-electron chi connectivity index (χ1n) is 6.96. The zero-order valence-electron chi connectivity index (χ0n) is 11.6. The SMILES string of the molecule is Cc1ccc2sc(NCCCc3ccccc3)nc2c1. The van der Waals surface area contributed by atoms with Crippen LogP contribution in [0.3, 0.4) is 0 Å². The number of nitrogens with one attached hydrogen (secondary N) is 1. The fraction of sp³-hybridized carbons (Fsp3) is 0.235. The molecule has 2 nitrogen and oxygen atoms in total. The van der Waals surface area contributed by atoms with E-state index in [0.29, 0.717) is 0 Å². The summed E-state index contributed by atoms with van der Waals surface area (Å²) < 4.78 is 1.25. The van der Waals surface area contributed by atoms with E-state index in [1.807, 2.05) is 0 Å². The van der Waals surface area contributed by atoms with E-state index < -0.39 is 0 Å². The van der Waals surface area contributed by atoms with E-state index in [1.54, 1.807) is 11.3 Å². The Kier molecular flexibility index (Phi) is 3.97. The molecule has 20 heavy (non-hydrogen) atoms. The van der Waals surface area contributed by atoms with E-state index in [9.17, 15) is 0 Å². The van der Waals surface area contributed by atoms with E-state index in [-0.39, 0.29) is 0 Å². The fourth-order valence-corrected chi connectivity index (χ4v) is 3.12. The standard InChI is InChI=1S/C17H18N2S/c1-13-9-10-16-15(12-13)19-17(20-16)18-11-5-8-14-6-3-2-4-7-14/h2-4,6-7,9-10,12H,5,8,11H2,1H3,(H,18,19). The van der Waals surface area contributed by atoms with E-state index >= 15 is 0 Å². The van der Waals surface area contributed by atoms with Crippen LogP contribution in [-0.2, 0) is 6.42 Å². The number of aromatic nitrogens is 1. The summed E-state index contributed by atoms with van der Waals surface area (Å²) in [6.07, 6.45) is 2.23. The maximum absolute atomic E-state index is 4.63. The minimum atomic E-state index is 0.966. The van der Waals surface area contributed by atoms with Gasteiger partial charge in [-0.2, -0.15) is 0 Å². The lowest BCUT2D eigenvalue weighted by atomic mass is 10.1. The number of fused-ring (bicyclic) bond motifs is 1. The molecule has 0 radical (unpaired) electrons. The molecule has 2 aromatic carbocycles. The maximum atomic E-state index is 4.63. The van der Waals surface area contributed by atoms with Crippen molar-refractivity contribution in [2.45, 2.75) is 19.8 Å². The number of rotatable bonds is 5. The van der Waals surface area contributed by atoms with Gasteiger partial charge in [0.2, 0.25) is 0 Å². The van der Waals surface area contributed by atoms with Crippen molar-refractivity contribution in [3.63, 3.8) is 0 Å². The molecule has 0 spiro atoms. The second-order valence-electron chi connectivity index (χ2n) is 5.01. The lowest BCUT2D eigenvalue weighted by Crippen LogP contribution is -2.02. The highest BCUT2D eigenvalue weighted by molar-refractivity contribution is 7.22. The minimum Gasteiger partial charge on any atom is -0.361 e. The summed E-state index contributed by atoms with van der Waals surface area (Å²) in [4.78, 5) is 4.63. The number of benzene rings is 2. The average molecular weight is 282 g/mol. The summed E-state index contributed by atoms with van der Waals surface area (Å²) in [5, 5.41) is 4.46. The van der Waals surface area contributed by atoms with Crippen molar-refractivity contribution in [1.29, 1.82) is 0 Å². The van der Waals surface area contributed by atoms with Gasteiger partial charge in [0.25, 0.3) is 0 Å². The second kappa shape index (κ2) is 6.06. The number of hydrogen-bond acceptors (Lipinski definition) is 3. The Morgan fingerprint density at radius 1 is 1.10 bits per heavy atom. The van der Waals surface area contributed by atoms with Crippen LogP contribution in [0.5, 0.6) is 0 Å². The van der Waals surface area contributed by atoms with Crippen LogP contribution in [0.4, 0.5) is 5.13 Å². The van der Waals surface area contributed by atoms with Gasteiger partial charge in [-0.25, -0.2) is 4.98 Å². The molecule has 102 valence electrons. The lowest BCUT2D eigenvalue weighted by molar-refractivity contribution is 0.862. The topological polar surface area (TPSA) is 24.9 Å². The smallest absolute Gasteiger partial charge is 0.183 e. The Morgan fingerprint density at radius 2 is 1.95 bits per heavy atom. The molecule has 0 bridgehead atoms. The number of hydrogen-bond donors (Lipinski definition) is 1. The first-order chi connectivity index (χ1) is 9.81. The molecule has 0 atom stereocenters. The summed E-state index contributed by atoms with van der Waals surface area (Å²) in [5.74, 6) is 0. The van der Waals surface area contributed by atoms with Gasteiger partial charge in [-0.1, -0.05) is 47.7 Å². The molecule has 0 aliphatic rings. The Bertz CT molecular complexity index is 689. The van der Waals surface area contributed by atoms with Crippen molar-refractivity contribution in [3.05, 3.63) is 59.7 Å². The molecule has 3 heteroatoms. The molecule has 0 fully saturated rings. The molecular formula is C17H18N2S. The summed E-state index contributed by atoms with van der Waals surface area (Å²) in [5.41, 5.74) is 3.76. The number of anilines is 1. The van der Waals surface area contributed by atoms with Gasteiger partial charge < -0.3 is 5.32 Å². The highest BCUT2D eigenvalue weighted by Gasteiger charge is 2.03. The first-order valence-corrected chi connectivity index (χ1v) is 7.78. The van der Waals surface area contributed by atoms with Crippen molar-refractivity contribution in [2.75, 3.05) is 11.9 Å². The van der Waals surface area contributed by atoms with Crippen LogP contribution in [-0.4, -0.2) is 11.5 Å². The molecule has 0 saturated carbocycles. The molecule has 0 aliphatic carbocycles. The van der Waals surface area contributed by atoms with Gasteiger partial charge in [0, 0.05) is 6.54 Å². The van der Waals surface area contributed by atoms with Gasteiger partial charge >= 0.3 is 0 Å². The molecule has 3 aromatic rings. The minimum absolute atomic E-state index is 0.966. The molecule has 0 unspecified atom stereocenters. The van der Waals surface area contributed by atoms with E-state index in [1.165, 1.54) is 15.8 Å². The van der Waals surface area contributed by atoms with Gasteiger partial charge in [-0.05, 0) is 43.0 Å². The largest absolute Gasteiger partial charge is 0.361 e. The molecule has 1 heterocycles. The summed E-state index contributed by atoms with van der Waals surface area (Å²) in [7, 11) is 0. The van der Waals surface area contributed by atoms with Crippen LogP contribution in [0, 0.1) is 6.92 Å². The average Bonchev–Trinajstić information content (AvgIpc) is 2.86. The molecule has 3 rings (SSSR count). The van der Waals surface area contributed by atoms with Gasteiger partial charge in [0.15, 0.2) is 5.13 Å². The second-order valence-corrected chi connectivity index (χ2v) is 6.04. The van der Waals surface area contributed by atoms with Crippen LogP contribution in [0.15, 0.2) is 48.5 Å². The van der Waals surface area contributed by atoms with E-state index in [2.05, 4.69) is 65.8 Å². The normalized spacial score (nSPS) is 10.8. The van der Waals surface area contributed by atoms with Crippen LogP contribution < -0.4 is 5.32 Å². The fourth-order valence-electron chi connectivity index (χ4n) is 2.25. The predicted molar refractivity (Wildman–Crippen MR) is 87.6 cm³/mol. The summed E-state index contributed by atoms with van der Waals surface area (Å²) in [6, 6.07) is 17.0. The number of nitrogens with zero attached hydrogens (tertiary/aromatic N) is 1. The zero-order valence-corrected chi connectivity index (χ0v) is 12.4. The summed E-state index contributed by atoms with van der Waals surface area (Å²) >= 11 is 1.73. The summed E-state index contributed by atoms with van der Waals surface area (Å²) in [6.45, 7) is 3.07. The zero-order chi connectivity index (χ0) is 13.8. The third-order valence-electron chi connectivity index (χ3n) is 3.30. The maximum Gasteiger partial charge on any atom is 0.183 e. The molecule has 1 N–H and O–H groups in total. The van der Waals surface area contributed by atoms with E-state index in [4.69, 9.17) is 0 Å². The Balaban J connectivity index is 1.55. The predicted octanol–water partition coefficient (Wildman–Crippen LogP) is 4.65. The van der Waals surface area contributed by atoms with Crippen LogP contribution in [0.25, 0.3) is 10.2 Å². The third-order valence-corrected chi connectivity index (χ3v) is 4.30. The molecule has 0 aliphatic heterocycles. The van der Waals surface area contributed by atoms with Crippen LogP contribution >= 0.6 is 11.3 Å². The van der Waals surface area contributed by atoms with Crippen molar-refractivity contribution < 1.29 is 0 Å². The van der Waals surface area contributed by atoms with E-state index in [0.717, 1.165) is 30.0 Å². The van der Waals surface area contributed by atoms with Gasteiger partial charge in [-0.15, -0.1) is 0 Å². The highest BCUT2D eigenvalue weighted by atomic mass is 32.1. The van der Waals surface area contributed by atoms with Gasteiger partial charge in [0.05, 0.1) is 10.2 Å². The third kappa shape index (κ3) is 3.17. The lowest BCUT2D eigenvalue weighted by Gasteiger charge is -2.02. The monoisotopic (exact) mass is 282 g/mol. The van der Waals surface area contributed by atoms with Crippen molar-refractivity contribution in [2.24, 2.45) is 0 Å². The van der Waals surface area contributed by atoms with Gasteiger partial charge in [-0.3, -0.25) is 0 Å². The Labute approximate surface area is 123 Å². The molecule has 0 saturated heterocycles. The number of aryl methyl sites for hydroxylation is 2. The van der Waals surface area contributed by atoms with Gasteiger partial charge in [0.1, 0.15) is 0 Å². The quantitative estimate of drug-likeness (QED) is 0.689. The molecular weight excluding hydrogens is 264 g/mol.